The Hall–Kier alpha value is -1.52. The number of allylic oxidation sites excluding steroid dienone is 1. The van der Waals surface area contributed by atoms with E-state index in [1.165, 1.54) is 0 Å². The Labute approximate surface area is 88.9 Å². The van der Waals surface area contributed by atoms with E-state index in [0.29, 0.717) is 24.3 Å². The first-order chi connectivity index (χ1) is 7.22. The van der Waals surface area contributed by atoms with Gasteiger partial charge in [-0.05, 0) is 13.1 Å². The third kappa shape index (κ3) is 1.82. The quantitative estimate of drug-likeness (QED) is 0.637. The lowest BCUT2D eigenvalue weighted by Gasteiger charge is -2.35. The summed E-state index contributed by atoms with van der Waals surface area (Å²) in [5.74, 6) is 1.86. The lowest BCUT2D eigenvalue weighted by molar-refractivity contribution is 0.0865. The third-order valence-corrected chi connectivity index (χ3v) is 3.02. The first-order valence-electron chi connectivity index (χ1n) is 5.08. The fraction of sp³-hybridized carbons (Fsp3) is 0.600. The molecular weight excluding hydrogens is 192 g/mol. The molecule has 0 aromatic rings. The highest BCUT2D eigenvalue weighted by atomic mass is 16.5. The van der Waals surface area contributed by atoms with Gasteiger partial charge in [-0.15, -0.1) is 0 Å². The summed E-state index contributed by atoms with van der Waals surface area (Å²) in [6.07, 6.45) is 3.80. The van der Waals surface area contributed by atoms with Crippen molar-refractivity contribution in [1.82, 2.24) is 0 Å². The summed E-state index contributed by atoms with van der Waals surface area (Å²) in [4.78, 5) is 8.07. The van der Waals surface area contributed by atoms with E-state index >= 15 is 0 Å². The highest BCUT2D eigenvalue weighted by Crippen LogP contribution is 2.33. The first-order valence-corrected chi connectivity index (χ1v) is 5.08. The van der Waals surface area contributed by atoms with Gasteiger partial charge in [-0.2, -0.15) is 0 Å². The molecule has 0 bridgehead atoms. The largest absolute Gasteiger partial charge is 0.494 e. The fourth-order valence-electron chi connectivity index (χ4n) is 2.01. The molecule has 3 atom stereocenters. The molecule has 1 fully saturated rings. The number of nitrogens with two attached hydrogens (primary N) is 2. The molecule has 0 spiro atoms. The zero-order chi connectivity index (χ0) is 10.8. The summed E-state index contributed by atoms with van der Waals surface area (Å²) in [7, 11) is 0. The predicted octanol–water partition coefficient (Wildman–Crippen LogP) is 0.227. The molecule has 2 aliphatic rings. The van der Waals surface area contributed by atoms with Crippen molar-refractivity contribution in [2.75, 3.05) is 6.61 Å². The van der Waals surface area contributed by atoms with Crippen molar-refractivity contribution in [2.24, 2.45) is 33.3 Å². The molecule has 0 aromatic carbocycles. The first kappa shape index (κ1) is 10.0. The van der Waals surface area contributed by atoms with Crippen LogP contribution < -0.4 is 11.5 Å². The van der Waals surface area contributed by atoms with Crippen molar-refractivity contribution in [1.29, 1.82) is 0 Å². The molecule has 4 N–H and O–H groups in total. The topological polar surface area (TPSA) is 86.0 Å². The highest BCUT2D eigenvalue weighted by Gasteiger charge is 2.35. The van der Waals surface area contributed by atoms with Crippen LogP contribution in [0.3, 0.4) is 0 Å². The van der Waals surface area contributed by atoms with Crippen LogP contribution in [0.5, 0.6) is 0 Å². The fourth-order valence-corrected chi connectivity index (χ4v) is 2.01. The Balaban J connectivity index is 1.92. The molecule has 15 heavy (non-hydrogen) atoms. The lowest BCUT2D eigenvalue weighted by Crippen LogP contribution is -2.38. The van der Waals surface area contributed by atoms with Crippen molar-refractivity contribution in [3.8, 4) is 0 Å². The van der Waals surface area contributed by atoms with Crippen LogP contribution in [0, 0.1) is 11.8 Å². The van der Waals surface area contributed by atoms with Gasteiger partial charge in [0, 0.05) is 24.5 Å². The van der Waals surface area contributed by atoms with Gasteiger partial charge in [-0.1, -0.05) is 0 Å². The van der Waals surface area contributed by atoms with Crippen LogP contribution in [0.2, 0.25) is 0 Å². The minimum Gasteiger partial charge on any atom is -0.494 e. The van der Waals surface area contributed by atoms with Crippen molar-refractivity contribution in [2.45, 2.75) is 19.0 Å². The molecule has 0 saturated carbocycles. The minimum atomic E-state index is 0.0272. The second kappa shape index (κ2) is 3.92. The van der Waals surface area contributed by atoms with Crippen molar-refractivity contribution < 1.29 is 4.74 Å². The molecule has 2 heterocycles. The monoisotopic (exact) mass is 208 g/mol. The molecular formula is C10H16N4O. The summed E-state index contributed by atoms with van der Waals surface area (Å²) < 4.78 is 5.51. The second-order valence-corrected chi connectivity index (χ2v) is 3.96. The molecule has 2 rings (SSSR count). The Kier molecular flexibility index (Phi) is 2.62. The minimum absolute atomic E-state index is 0.0272. The Morgan fingerprint density at radius 3 is 2.80 bits per heavy atom. The van der Waals surface area contributed by atoms with Gasteiger partial charge in [-0.3, -0.25) is 9.98 Å². The maximum Gasteiger partial charge on any atom is 0.146 e. The van der Waals surface area contributed by atoms with Gasteiger partial charge in [0.2, 0.25) is 0 Å². The van der Waals surface area contributed by atoms with Crippen molar-refractivity contribution >= 4 is 12.9 Å². The van der Waals surface area contributed by atoms with E-state index in [1.54, 1.807) is 0 Å². The summed E-state index contributed by atoms with van der Waals surface area (Å²) in [6, 6.07) is 0. The molecule has 5 nitrogen and oxygen atoms in total. The summed E-state index contributed by atoms with van der Waals surface area (Å²) in [5.41, 5.74) is 10.9. The number of nitrogens with zero attached hydrogens (tertiary/aromatic N) is 2. The van der Waals surface area contributed by atoms with Gasteiger partial charge in [0.15, 0.2) is 0 Å². The van der Waals surface area contributed by atoms with Gasteiger partial charge in [0.1, 0.15) is 17.7 Å². The Morgan fingerprint density at radius 1 is 1.60 bits per heavy atom. The molecule has 0 radical (unpaired) electrons. The Bertz CT molecular complexity index is 309. The third-order valence-electron chi connectivity index (χ3n) is 3.02. The molecule has 5 heteroatoms. The lowest BCUT2D eigenvalue weighted by atomic mass is 9.83. The van der Waals surface area contributed by atoms with E-state index in [1.807, 2.05) is 6.21 Å². The molecule has 3 unspecified atom stereocenters. The average Bonchev–Trinajstić information content (AvgIpc) is 2.17. The molecule has 1 saturated heterocycles. The van der Waals surface area contributed by atoms with Gasteiger partial charge >= 0.3 is 0 Å². The van der Waals surface area contributed by atoms with Crippen LogP contribution in [-0.4, -0.2) is 25.7 Å². The van der Waals surface area contributed by atoms with Gasteiger partial charge in [-0.25, -0.2) is 0 Å². The van der Waals surface area contributed by atoms with Crippen LogP contribution in [0.4, 0.5) is 0 Å². The Morgan fingerprint density at radius 2 is 2.40 bits per heavy atom. The van der Waals surface area contributed by atoms with Gasteiger partial charge in [0.05, 0.1) is 6.61 Å². The van der Waals surface area contributed by atoms with E-state index < -0.39 is 0 Å². The summed E-state index contributed by atoms with van der Waals surface area (Å²) in [5, 5.41) is 0. The van der Waals surface area contributed by atoms with E-state index in [-0.39, 0.29) is 6.17 Å². The van der Waals surface area contributed by atoms with Crippen LogP contribution in [0.15, 0.2) is 21.6 Å². The zero-order valence-electron chi connectivity index (χ0n) is 8.60. The zero-order valence-corrected chi connectivity index (χ0v) is 8.60. The van der Waals surface area contributed by atoms with Crippen LogP contribution in [0.1, 0.15) is 12.8 Å². The molecule has 2 aliphatic heterocycles. The van der Waals surface area contributed by atoms with Crippen LogP contribution in [0.25, 0.3) is 0 Å². The van der Waals surface area contributed by atoms with Crippen molar-refractivity contribution in [3.05, 3.63) is 11.6 Å². The molecule has 82 valence electrons. The number of aliphatic imine (C=N–C) groups is 2. The number of rotatable bonds is 2. The average molecular weight is 208 g/mol. The predicted molar refractivity (Wildman–Crippen MR) is 59.4 cm³/mol. The standard InChI is InChI=1S/C10H16N4O/c1-13-10-7(4-14-10)6-2-3-8(9(11)12)15-5-6/h4,6-7,10H,1-3,5,11-12H2. The summed E-state index contributed by atoms with van der Waals surface area (Å²) >= 11 is 0. The second-order valence-electron chi connectivity index (χ2n) is 3.96. The van der Waals surface area contributed by atoms with Crippen molar-refractivity contribution in [3.63, 3.8) is 0 Å². The molecule has 0 amide bonds. The van der Waals surface area contributed by atoms with Crippen LogP contribution in [-0.2, 0) is 4.74 Å². The number of hydrogen-bond donors (Lipinski definition) is 2. The molecule has 0 aliphatic carbocycles. The van der Waals surface area contributed by atoms with E-state index in [2.05, 4.69) is 16.7 Å². The number of ether oxygens (including phenoxy) is 1. The maximum absolute atomic E-state index is 5.51. The normalized spacial score (nSPS) is 34.1. The summed E-state index contributed by atoms with van der Waals surface area (Å²) in [6.45, 7) is 4.17. The number of hydrogen-bond acceptors (Lipinski definition) is 5. The van der Waals surface area contributed by atoms with Crippen LogP contribution >= 0.6 is 0 Å². The van der Waals surface area contributed by atoms with E-state index in [9.17, 15) is 0 Å². The SMILES string of the molecule is C=NC1N=CC1C1CCC(=C(N)N)OC1. The smallest absolute Gasteiger partial charge is 0.146 e. The van der Waals surface area contributed by atoms with E-state index in [4.69, 9.17) is 16.2 Å². The van der Waals surface area contributed by atoms with Gasteiger partial charge < -0.3 is 16.2 Å². The molecule has 0 aromatic heterocycles. The maximum atomic E-state index is 5.51. The van der Waals surface area contributed by atoms with Gasteiger partial charge in [0.25, 0.3) is 0 Å². The van der Waals surface area contributed by atoms with E-state index in [0.717, 1.165) is 18.6 Å². The highest BCUT2D eigenvalue weighted by molar-refractivity contribution is 5.68.